The van der Waals surface area contributed by atoms with Crippen LogP contribution in [0.3, 0.4) is 0 Å². The van der Waals surface area contributed by atoms with Crippen LogP contribution in [-0.4, -0.2) is 36.1 Å². The van der Waals surface area contributed by atoms with E-state index in [-0.39, 0.29) is 12.2 Å². The van der Waals surface area contributed by atoms with Gasteiger partial charge < -0.3 is 0 Å². The summed E-state index contributed by atoms with van der Waals surface area (Å²) >= 11 is 0. The molecule has 6 nitrogen and oxygen atoms in total. The Balaban J connectivity index is 2.12. The van der Waals surface area contributed by atoms with Crippen molar-refractivity contribution in [2.75, 3.05) is 13.6 Å². The summed E-state index contributed by atoms with van der Waals surface area (Å²) in [7, 11) is -2.10. The molecule has 1 aromatic heterocycles. The first-order valence-electron chi connectivity index (χ1n) is 6.53. The first kappa shape index (κ1) is 16.5. The van der Waals surface area contributed by atoms with E-state index in [4.69, 9.17) is 0 Å². The minimum Gasteiger partial charge on any atom is -0.238 e. The summed E-state index contributed by atoms with van der Waals surface area (Å²) < 4.78 is 54.9. The number of aromatic nitrogens is 2. The summed E-state index contributed by atoms with van der Waals surface area (Å²) in [5.41, 5.74) is 0.637. The normalized spacial score (nSPS) is 12.0. The number of benzene rings is 1. The number of rotatable bonds is 6. The Labute approximate surface area is 127 Å². The van der Waals surface area contributed by atoms with E-state index in [1.165, 1.54) is 30.2 Å². The second kappa shape index (κ2) is 6.51. The first-order chi connectivity index (χ1) is 10.3. The number of hydrogen-bond donors (Lipinski definition) is 1. The van der Waals surface area contributed by atoms with E-state index >= 15 is 0 Å². The van der Waals surface area contributed by atoms with Gasteiger partial charge in [0.1, 0.15) is 11.5 Å². The Morgan fingerprint density at radius 2 is 2.09 bits per heavy atom. The van der Waals surface area contributed by atoms with Gasteiger partial charge in [-0.25, -0.2) is 13.5 Å². The summed E-state index contributed by atoms with van der Waals surface area (Å²) in [5.74, 6) is -1.43. The van der Waals surface area contributed by atoms with Gasteiger partial charge in [0.2, 0.25) is 0 Å². The lowest BCUT2D eigenvalue weighted by atomic mass is 10.3. The Kier molecular flexibility index (Phi) is 4.89. The van der Waals surface area contributed by atoms with Gasteiger partial charge in [-0.3, -0.25) is 0 Å². The van der Waals surface area contributed by atoms with E-state index in [1.807, 2.05) is 0 Å². The minimum absolute atomic E-state index is 0.0233. The van der Waals surface area contributed by atoms with E-state index < -0.39 is 21.8 Å². The van der Waals surface area contributed by atoms with Crippen molar-refractivity contribution < 1.29 is 17.2 Å². The molecule has 0 aliphatic carbocycles. The highest BCUT2D eigenvalue weighted by molar-refractivity contribution is 7.87. The highest BCUT2D eigenvalue weighted by Crippen LogP contribution is 2.14. The van der Waals surface area contributed by atoms with Crippen molar-refractivity contribution in [3.8, 4) is 5.69 Å². The summed E-state index contributed by atoms with van der Waals surface area (Å²) in [5, 5.41) is 3.95. The van der Waals surface area contributed by atoms with E-state index in [0.29, 0.717) is 12.1 Å². The molecule has 1 aromatic carbocycles. The van der Waals surface area contributed by atoms with Gasteiger partial charge >= 0.3 is 0 Å². The summed E-state index contributed by atoms with van der Waals surface area (Å²) in [6.45, 7) is 2.08. The van der Waals surface area contributed by atoms with Crippen molar-refractivity contribution in [1.29, 1.82) is 0 Å². The molecule has 0 amide bonds. The van der Waals surface area contributed by atoms with Crippen molar-refractivity contribution in [3.63, 3.8) is 0 Å². The van der Waals surface area contributed by atoms with Crippen LogP contribution in [0.1, 0.15) is 12.5 Å². The van der Waals surface area contributed by atoms with Crippen LogP contribution in [0.5, 0.6) is 0 Å². The summed E-state index contributed by atoms with van der Waals surface area (Å²) in [6, 6.07) is 3.14. The van der Waals surface area contributed by atoms with Gasteiger partial charge in [0.05, 0.1) is 6.20 Å². The van der Waals surface area contributed by atoms with Crippen LogP contribution in [0.2, 0.25) is 0 Å². The highest BCUT2D eigenvalue weighted by Gasteiger charge is 2.15. The number of hydrogen-bond acceptors (Lipinski definition) is 3. The fourth-order valence-electron chi connectivity index (χ4n) is 1.70. The third-order valence-corrected chi connectivity index (χ3v) is 4.69. The standard InChI is InChI=1S/C13H16F2N4O2S/c1-3-18(2)22(20,21)17-8-10-7-16-19(9-10)13-5-4-11(14)6-12(13)15/h4-7,9,17H,3,8H2,1-2H3. The van der Waals surface area contributed by atoms with Crippen LogP contribution in [0, 0.1) is 11.6 Å². The van der Waals surface area contributed by atoms with Crippen LogP contribution in [0.4, 0.5) is 8.78 Å². The lowest BCUT2D eigenvalue weighted by Gasteiger charge is -2.14. The smallest absolute Gasteiger partial charge is 0.238 e. The monoisotopic (exact) mass is 330 g/mol. The zero-order valence-electron chi connectivity index (χ0n) is 12.1. The summed E-state index contributed by atoms with van der Waals surface area (Å²) in [6.07, 6.45) is 2.89. The molecule has 0 fully saturated rings. The molecule has 0 radical (unpaired) electrons. The molecule has 0 saturated carbocycles. The van der Waals surface area contributed by atoms with E-state index in [1.54, 1.807) is 6.92 Å². The number of nitrogens with zero attached hydrogens (tertiary/aromatic N) is 3. The lowest BCUT2D eigenvalue weighted by Crippen LogP contribution is -2.37. The third kappa shape index (κ3) is 3.67. The van der Waals surface area contributed by atoms with E-state index in [2.05, 4.69) is 9.82 Å². The molecule has 0 atom stereocenters. The predicted molar refractivity (Wildman–Crippen MR) is 77.5 cm³/mol. The first-order valence-corrected chi connectivity index (χ1v) is 7.97. The molecule has 22 heavy (non-hydrogen) atoms. The number of halogens is 2. The Morgan fingerprint density at radius 1 is 1.36 bits per heavy atom. The maximum absolute atomic E-state index is 13.7. The minimum atomic E-state index is -3.56. The number of nitrogens with one attached hydrogen (secondary N) is 1. The molecule has 0 aliphatic heterocycles. The zero-order chi connectivity index (χ0) is 16.3. The van der Waals surface area contributed by atoms with Crippen molar-refractivity contribution in [3.05, 3.63) is 47.8 Å². The lowest BCUT2D eigenvalue weighted by molar-refractivity contribution is 0.473. The third-order valence-electron chi connectivity index (χ3n) is 3.11. The van der Waals surface area contributed by atoms with Gasteiger partial charge in [-0.2, -0.15) is 22.5 Å². The van der Waals surface area contributed by atoms with Crippen LogP contribution in [0.25, 0.3) is 5.69 Å². The fourth-order valence-corrected chi connectivity index (χ4v) is 2.61. The molecule has 1 N–H and O–H groups in total. The zero-order valence-corrected chi connectivity index (χ0v) is 12.9. The average molecular weight is 330 g/mol. The van der Waals surface area contributed by atoms with Crippen molar-refractivity contribution in [2.45, 2.75) is 13.5 Å². The van der Waals surface area contributed by atoms with Gasteiger partial charge in [0.15, 0.2) is 5.82 Å². The maximum atomic E-state index is 13.7. The second-order valence-electron chi connectivity index (χ2n) is 4.63. The molecule has 1 heterocycles. The van der Waals surface area contributed by atoms with Crippen molar-refractivity contribution >= 4 is 10.2 Å². The van der Waals surface area contributed by atoms with Crippen molar-refractivity contribution in [1.82, 2.24) is 18.8 Å². The summed E-state index contributed by atoms with van der Waals surface area (Å²) in [4.78, 5) is 0. The highest BCUT2D eigenvalue weighted by atomic mass is 32.2. The Bertz CT molecular complexity index is 761. The molecule has 9 heteroatoms. The van der Waals surface area contributed by atoms with Crippen LogP contribution >= 0.6 is 0 Å². The molecule has 0 bridgehead atoms. The Morgan fingerprint density at radius 3 is 2.73 bits per heavy atom. The van der Waals surface area contributed by atoms with E-state index in [9.17, 15) is 17.2 Å². The fraction of sp³-hybridized carbons (Fsp3) is 0.308. The largest absolute Gasteiger partial charge is 0.279 e. The van der Waals surface area contributed by atoms with Gasteiger partial charge in [0.25, 0.3) is 10.2 Å². The molecule has 120 valence electrons. The van der Waals surface area contributed by atoms with Gasteiger partial charge in [-0.1, -0.05) is 6.92 Å². The van der Waals surface area contributed by atoms with Crippen molar-refractivity contribution in [2.24, 2.45) is 0 Å². The van der Waals surface area contributed by atoms with Gasteiger partial charge in [-0.05, 0) is 12.1 Å². The topological polar surface area (TPSA) is 67.2 Å². The molecule has 2 rings (SSSR count). The van der Waals surface area contributed by atoms with Crippen LogP contribution < -0.4 is 4.72 Å². The average Bonchev–Trinajstić information content (AvgIpc) is 2.93. The molecule has 2 aromatic rings. The second-order valence-corrected chi connectivity index (χ2v) is 6.49. The van der Waals surface area contributed by atoms with E-state index in [0.717, 1.165) is 16.4 Å². The molecular formula is C13H16F2N4O2S. The molecule has 0 unspecified atom stereocenters. The molecule has 0 saturated heterocycles. The quantitative estimate of drug-likeness (QED) is 0.871. The van der Waals surface area contributed by atoms with Crippen LogP contribution in [0.15, 0.2) is 30.6 Å². The molecule has 0 spiro atoms. The molecular weight excluding hydrogens is 314 g/mol. The van der Waals surface area contributed by atoms with Crippen LogP contribution in [-0.2, 0) is 16.8 Å². The van der Waals surface area contributed by atoms with Gasteiger partial charge in [-0.15, -0.1) is 0 Å². The predicted octanol–water partition coefficient (Wildman–Crippen LogP) is 1.44. The Hall–Kier alpha value is -1.84. The van der Waals surface area contributed by atoms with Gasteiger partial charge in [0, 0.05) is 38.0 Å². The SMILES string of the molecule is CCN(C)S(=O)(=O)NCc1cnn(-c2ccc(F)cc2F)c1. The maximum Gasteiger partial charge on any atom is 0.279 e. The molecule has 0 aliphatic rings.